The monoisotopic (exact) mass is 283 g/mol. The zero-order valence-electron chi connectivity index (χ0n) is 11.5. The number of halogens is 2. The van der Waals surface area contributed by atoms with E-state index in [-0.39, 0.29) is 17.5 Å². The van der Waals surface area contributed by atoms with E-state index in [0.717, 1.165) is 37.8 Å². The molecule has 20 heavy (non-hydrogen) atoms. The SMILES string of the molecule is CN(C(=O)c1cc(F)c(NN)c(F)c1)C1CCCCC1. The average Bonchev–Trinajstić information content (AvgIpc) is 2.46. The molecule has 4 nitrogen and oxygen atoms in total. The number of carbonyl (C=O) groups excluding carboxylic acids is 1. The summed E-state index contributed by atoms with van der Waals surface area (Å²) >= 11 is 0. The maximum absolute atomic E-state index is 13.6. The van der Waals surface area contributed by atoms with Crippen LogP contribution >= 0.6 is 0 Å². The highest BCUT2D eigenvalue weighted by atomic mass is 19.1. The molecule has 6 heteroatoms. The molecule has 0 bridgehead atoms. The van der Waals surface area contributed by atoms with Crippen molar-refractivity contribution in [2.24, 2.45) is 5.84 Å². The molecular formula is C14H19F2N3O. The van der Waals surface area contributed by atoms with Crippen molar-refractivity contribution in [2.45, 2.75) is 38.1 Å². The van der Waals surface area contributed by atoms with Crippen molar-refractivity contribution in [3.63, 3.8) is 0 Å². The fraction of sp³-hybridized carbons (Fsp3) is 0.500. The van der Waals surface area contributed by atoms with Crippen molar-refractivity contribution in [3.8, 4) is 0 Å². The van der Waals surface area contributed by atoms with Crippen LogP contribution in [0.1, 0.15) is 42.5 Å². The number of nitrogen functional groups attached to an aromatic ring is 1. The summed E-state index contributed by atoms with van der Waals surface area (Å²) in [5.41, 5.74) is 1.53. The Morgan fingerprint density at radius 2 is 1.80 bits per heavy atom. The van der Waals surface area contributed by atoms with Crippen LogP contribution < -0.4 is 11.3 Å². The van der Waals surface area contributed by atoms with Crippen molar-refractivity contribution in [2.75, 3.05) is 12.5 Å². The third-order valence-electron chi connectivity index (χ3n) is 3.88. The number of nitrogens with two attached hydrogens (primary N) is 1. The van der Waals surface area contributed by atoms with E-state index in [0.29, 0.717) is 0 Å². The lowest BCUT2D eigenvalue weighted by molar-refractivity contribution is 0.0695. The first-order valence-electron chi connectivity index (χ1n) is 6.77. The lowest BCUT2D eigenvalue weighted by Crippen LogP contribution is -2.38. The highest BCUT2D eigenvalue weighted by Crippen LogP contribution is 2.25. The summed E-state index contributed by atoms with van der Waals surface area (Å²) in [5.74, 6) is 2.93. The molecule has 0 heterocycles. The van der Waals surface area contributed by atoms with Crippen LogP contribution in [0.2, 0.25) is 0 Å². The van der Waals surface area contributed by atoms with E-state index in [1.165, 1.54) is 6.42 Å². The number of anilines is 1. The molecule has 2 rings (SSSR count). The fourth-order valence-electron chi connectivity index (χ4n) is 2.67. The van der Waals surface area contributed by atoms with E-state index in [1.54, 1.807) is 11.9 Å². The van der Waals surface area contributed by atoms with Crippen molar-refractivity contribution in [1.29, 1.82) is 0 Å². The number of carbonyl (C=O) groups is 1. The van der Waals surface area contributed by atoms with Gasteiger partial charge in [0.2, 0.25) is 0 Å². The minimum absolute atomic E-state index is 0.00655. The maximum Gasteiger partial charge on any atom is 0.254 e. The van der Waals surface area contributed by atoms with Crippen LogP contribution in [0.15, 0.2) is 12.1 Å². The summed E-state index contributed by atoms with van der Waals surface area (Å²) in [6.07, 6.45) is 5.23. The second-order valence-corrected chi connectivity index (χ2v) is 5.17. The Morgan fingerprint density at radius 3 is 2.30 bits per heavy atom. The smallest absolute Gasteiger partial charge is 0.254 e. The quantitative estimate of drug-likeness (QED) is 0.662. The molecule has 0 aliphatic heterocycles. The standard InChI is InChI=1S/C14H19F2N3O/c1-19(10-5-3-2-4-6-10)14(20)9-7-11(15)13(18-17)12(16)8-9/h7-8,10,18H,2-6,17H2,1H3. The van der Waals surface area contributed by atoms with Gasteiger partial charge in [-0.2, -0.15) is 0 Å². The van der Waals surface area contributed by atoms with Crippen LogP contribution in [0.5, 0.6) is 0 Å². The van der Waals surface area contributed by atoms with Crippen molar-refractivity contribution in [3.05, 3.63) is 29.3 Å². The number of hydrogen-bond donors (Lipinski definition) is 2. The summed E-state index contributed by atoms with van der Waals surface area (Å²) < 4.78 is 27.2. The van der Waals surface area contributed by atoms with Crippen LogP contribution in [0.25, 0.3) is 0 Å². The van der Waals surface area contributed by atoms with Gasteiger partial charge in [0.05, 0.1) is 0 Å². The number of amides is 1. The van der Waals surface area contributed by atoms with Crippen molar-refractivity contribution >= 4 is 11.6 Å². The lowest BCUT2D eigenvalue weighted by atomic mass is 9.94. The van der Waals surface area contributed by atoms with Gasteiger partial charge in [0.25, 0.3) is 5.91 Å². The Balaban J connectivity index is 2.20. The molecule has 1 aromatic carbocycles. The predicted octanol–water partition coefficient (Wildman–Crippen LogP) is 2.66. The minimum Gasteiger partial charge on any atom is -0.339 e. The van der Waals surface area contributed by atoms with E-state index >= 15 is 0 Å². The van der Waals surface area contributed by atoms with Crippen molar-refractivity contribution in [1.82, 2.24) is 4.90 Å². The largest absolute Gasteiger partial charge is 0.339 e. The van der Waals surface area contributed by atoms with Gasteiger partial charge < -0.3 is 10.3 Å². The second kappa shape index (κ2) is 6.17. The molecule has 0 aromatic heterocycles. The molecule has 0 unspecified atom stereocenters. The third-order valence-corrected chi connectivity index (χ3v) is 3.88. The van der Waals surface area contributed by atoms with Gasteiger partial charge in [-0.1, -0.05) is 19.3 Å². The topological polar surface area (TPSA) is 58.4 Å². The maximum atomic E-state index is 13.6. The summed E-state index contributed by atoms with van der Waals surface area (Å²) in [6, 6.07) is 2.18. The molecule has 1 saturated carbocycles. The lowest BCUT2D eigenvalue weighted by Gasteiger charge is -2.31. The third kappa shape index (κ3) is 2.90. The molecule has 0 atom stereocenters. The highest BCUT2D eigenvalue weighted by molar-refractivity contribution is 5.94. The van der Waals surface area contributed by atoms with Crippen LogP contribution in [0.4, 0.5) is 14.5 Å². The molecule has 0 spiro atoms. The van der Waals surface area contributed by atoms with Crippen LogP contribution in [0, 0.1) is 11.6 Å². The molecule has 110 valence electrons. The Bertz CT molecular complexity index is 478. The molecule has 1 aliphatic rings. The minimum atomic E-state index is -0.868. The van der Waals surface area contributed by atoms with Gasteiger partial charge in [-0.05, 0) is 25.0 Å². The average molecular weight is 283 g/mol. The number of hydrogen-bond acceptors (Lipinski definition) is 3. The second-order valence-electron chi connectivity index (χ2n) is 5.17. The van der Waals surface area contributed by atoms with E-state index in [2.05, 4.69) is 0 Å². The molecule has 3 N–H and O–H groups in total. The molecular weight excluding hydrogens is 264 g/mol. The molecule has 0 radical (unpaired) electrons. The first-order chi connectivity index (χ1) is 9.54. The summed E-state index contributed by atoms with van der Waals surface area (Å²) in [5, 5.41) is 0. The van der Waals surface area contributed by atoms with Crippen molar-refractivity contribution < 1.29 is 13.6 Å². The first-order valence-corrected chi connectivity index (χ1v) is 6.77. The van der Waals surface area contributed by atoms with E-state index in [4.69, 9.17) is 5.84 Å². The highest BCUT2D eigenvalue weighted by Gasteiger charge is 2.24. The van der Waals surface area contributed by atoms with E-state index in [1.807, 2.05) is 5.43 Å². The zero-order valence-corrected chi connectivity index (χ0v) is 11.5. The molecule has 1 amide bonds. The van der Waals surface area contributed by atoms with Crippen LogP contribution in [0.3, 0.4) is 0 Å². The van der Waals surface area contributed by atoms with Crippen LogP contribution in [-0.2, 0) is 0 Å². The summed E-state index contributed by atoms with van der Waals surface area (Å²) in [4.78, 5) is 13.9. The number of hydrazine groups is 1. The van der Waals surface area contributed by atoms with Gasteiger partial charge in [-0.3, -0.25) is 10.6 Å². The first kappa shape index (κ1) is 14.7. The summed E-state index contributed by atoms with van der Waals surface area (Å²) in [6.45, 7) is 0. The van der Waals surface area contributed by atoms with Gasteiger partial charge in [-0.15, -0.1) is 0 Å². The van der Waals surface area contributed by atoms with Gasteiger partial charge in [0.15, 0.2) is 11.6 Å². The Morgan fingerprint density at radius 1 is 1.25 bits per heavy atom. The van der Waals surface area contributed by atoms with Gasteiger partial charge in [-0.25, -0.2) is 8.78 Å². The normalized spacial score (nSPS) is 16.0. The number of nitrogens with one attached hydrogen (secondary N) is 1. The van der Waals surface area contributed by atoms with Gasteiger partial charge in [0, 0.05) is 18.7 Å². The molecule has 1 fully saturated rings. The molecule has 1 aliphatic carbocycles. The van der Waals surface area contributed by atoms with E-state index < -0.39 is 17.3 Å². The van der Waals surface area contributed by atoms with Gasteiger partial charge in [0.1, 0.15) is 5.69 Å². The fourth-order valence-corrected chi connectivity index (χ4v) is 2.67. The number of rotatable bonds is 3. The Labute approximate surface area is 116 Å². The summed E-state index contributed by atoms with van der Waals surface area (Å²) in [7, 11) is 1.68. The molecule has 1 aromatic rings. The molecule has 0 saturated heterocycles. The zero-order chi connectivity index (χ0) is 14.7. The Hall–Kier alpha value is -1.69. The van der Waals surface area contributed by atoms with E-state index in [9.17, 15) is 13.6 Å². The number of nitrogens with zero attached hydrogens (tertiary/aromatic N) is 1. The van der Waals surface area contributed by atoms with Gasteiger partial charge >= 0.3 is 0 Å². The Kier molecular flexibility index (Phi) is 4.54. The van der Waals surface area contributed by atoms with Crippen LogP contribution in [-0.4, -0.2) is 23.9 Å². The number of benzene rings is 1. The predicted molar refractivity (Wildman–Crippen MR) is 73.1 cm³/mol.